The second-order valence-corrected chi connectivity index (χ2v) is 12.7. The zero-order valence-electron chi connectivity index (χ0n) is 28.0. The largest absolute Gasteiger partial charge is 0.393 e. The van der Waals surface area contributed by atoms with Crippen molar-refractivity contribution in [3.05, 3.63) is 130 Å². The molecule has 0 aliphatic heterocycles. The van der Waals surface area contributed by atoms with E-state index in [0.717, 1.165) is 44.1 Å². The standard InChI is InChI=1S/C40H58O2/c1-31(18-12-20-33(3)21-13-22-34(4)23-15-25-36(6)30-41)16-10-11-17-32(2)19-14-24-35(5)26-27-39-37(7)28-38(42)29-40(39,8)9/h10-12,14,16-20,22,24-27,38,41-42H,13,15,21,23,28-30H2,1-9H3. The smallest absolute Gasteiger partial charge is 0.0639 e. The third-order valence-corrected chi connectivity index (χ3v) is 7.59. The van der Waals surface area contributed by atoms with Gasteiger partial charge in [0.1, 0.15) is 0 Å². The molecular formula is C40H58O2. The molecule has 0 saturated heterocycles. The average molecular weight is 571 g/mol. The van der Waals surface area contributed by atoms with Crippen molar-refractivity contribution in [2.45, 2.75) is 107 Å². The van der Waals surface area contributed by atoms with Gasteiger partial charge >= 0.3 is 0 Å². The number of aliphatic hydroxyl groups excluding tert-OH is 2. The molecule has 0 spiro atoms. The Morgan fingerprint density at radius 1 is 0.714 bits per heavy atom. The van der Waals surface area contributed by atoms with Crippen LogP contribution in [0.1, 0.15) is 101 Å². The highest BCUT2D eigenvalue weighted by Gasteiger charge is 2.31. The number of aliphatic hydroxyl groups is 2. The molecule has 1 aliphatic carbocycles. The van der Waals surface area contributed by atoms with Crippen molar-refractivity contribution in [2.75, 3.05) is 6.61 Å². The molecule has 0 radical (unpaired) electrons. The fraction of sp³-hybridized carbons (Fsp3) is 0.450. The van der Waals surface area contributed by atoms with E-state index in [1.54, 1.807) is 0 Å². The van der Waals surface area contributed by atoms with Crippen molar-refractivity contribution in [3.8, 4) is 0 Å². The summed E-state index contributed by atoms with van der Waals surface area (Å²) in [5.41, 5.74) is 10.1. The molecular weight excluding hydrogens is 512 g/mol. The van der Waals surface area contributed by atoms with Gasteiger partial charge in [-0.25, -0.2) is 0 Å². The van der Waals surface area contributed by atoms with Gasteiger partial charge in [0.15, 0.2) is 0 Å². The minimum absolute atomic E-state index is 0.00872. The first-order valence-electron chi connectivity index (χ1n) is 15.5. The molecule has 2 N–H and O–H groups in total. The third kappa shape index (κ3) is 16.5. The highest BCUT2D eigenvalue weighted by molar-refractivity contribution is 5.38. The Morgan fingerprint density at radius 3 is 1.79 bits per heavy atom. The van der Waals surface area contributed by atoms with Gasteiger partial charge in [-0.15, -0.1) is 0 Å². The lowest BCUT2D eigenvalue weighted by Crippen LogP contribution is -2.28. The van der Waals surface area contributed by atoms with Crippen molar-refractivity contribution < 1.29 is 10.2 Å². The fourth-order valence-corrected chi connectivity index (χ4v) is 5.03. The van der Waals surface area contributed by atoms with E-state index < -0.39 is 0 Å². The summed E-state index contributed by atoms with van der Waals surface area (Å²) >= 11 is 0. The normalized spacial score (nSPS) is 20.4. The van der Waals surface area contributed by atoms with Crippen LogP contribution in [0.15, 0.2) is 130 Å². The predicted octanol–water partition coefficient (Wildman–Crippen LogP) is 10.9. The lowest BCUT2D eigenvalue weighted by molar-refractivity contribution is 0.116. The molecule has 230 valence electrons. The fourth-order valence-electron chi connectivity index (χ4n) is 5.03. The van der Waals surface area contributed by atoms with Crippen LogP contribution in [0.2, 0.25) is 0 Å². The lowest BCUT2D eigenvalue weighted by Gasteiger charge is -2.35. The molecule has 0 amide bonds. The molecule has 2 nitrogen and oxygen atoms in total. The summed E-state index contributed by atoms with van der Waals surface area (Å²) in [4.78, 5) is 0. The van der Waals surface area contributed by atoms with Crippen LogP contribution < -0.4 is 0 Å². The van der Waals surface area contributed by atoms with Gasteiger partial charge in [-0.2, -0.15) is 0 Å². The van der Waals surface area contributed by atoms with Gasteiger partial charge in [-0.1, -0.05) is 138 Å². The van der Waals surface area contributed by atoms with E-state index in [2.05, 4.69) is 140 Å². The lowest BCUT2D eigenvalue weighted by atomic mass is 9.71. The first kappa shape index (κ1) is 37.1. The van der Waals surface area contributed by atoms with Crippen LogP contribution in [0.5, 0.6) is 0 Å². The molecule has 1 aliphatic rings. The number of hydrogen-bond acceptors (Lipinski definition) is 2. The Kier molecular flexibility index (Phi) is 17.7. The molecule has 0 heterocycles. The zero-order chi connectivity index (χ0) is 31.5. The predicted molar refractivity (Wildman–Crippen MR) is 186 cm³/mol. The maximum absolute atomic E-state index is 10.1. The maximum Gasteiger partial charge on any atom is 0.0639 e. The molecule has 0 aromatic carbocycles. The van der Waals surface area contributed by atoms with Gasteiger partial charge in [0.25, 0.3) is 0 Å². The Labute approximate surface area is 258 Å². The van der Waals surface area contributed by atoms with Gasteiger partial charge in [0.2, 0.25) is 0 Å². The summed E-state index contributed by atoms with van der Waals surface area (Å²) in [6.07, 6.45) is 35.7. The molecule has 42 heavy (non-hydrogen) atoms. The first-order chi connectivity index (χ1) is 19.8. The highest BCUT2D eigenvalue weighted by atomic mass is 16.3. The van der Waals surface area contributed by atoms with Crippen molar-refractivity contribution in [1.82, 2.24) is 0 Å². The van der Waals surface area contributed by atoms with E-state index in [0.29, 0.717) is 0 Å². The molecule has 0 bridgehead atoms. The minimum atomic E-state index is -0.224. The Hall–Kier alpha value is -2.94. The van der Waals surface area contributed by atoms with E-state index in [1.165, 1.54) is 39.0 Å². The molecule has 1 unspecified atom stereocenters. The van der Waals surface area contributed by atoms with Gasteiger partial charge in [-0.05, 0) is 98.0 Å². The zero-order valence-corrected chi connectivity index (χ0v) is 28.0. The van der Waals surface area contributed by atoms with Crippen LogP contribution in [0.3, 0.4) is 0 Å². The summed E-state index contributed by atoms with van der Waals surface area (Å²) in [5, 5.41) is 19.2. The second-order valence-electron chi connectivity index (χ2n) is 12.7. The quantitative estimate of drug-likeness (QED) is 0.152. The topological polar surface area (TPSA) is 40.5 Å². The second kappa shape index (κ2) is 20.1. The first-order valence-corrected chi connectivity index (χ1v) is 15.5. The third-order valence-electron chi connectivity index (χ3n) is 7.59. The van der Waals surface area contributed by atoms with Gasteiger partial charge < -0.3 is 10.2 Å². The molecule has 0 aromatic heterocycles. The van der Waals surface area contributed by atoms with E-state index in [9.17, 15) is 5.11 Å². The summed E-state index contributed by atoms with van der Waals surface area (Å²) in [6, 6.07) is 0. The molecule has 1 atom stereocenters. The average Bonchev–Trinajstić information content (AvgIpc) is 2.89. The maximum atomic E-state index is 10.1. The molecule has 2 heteroatoms. The Bertz CT molecular complexity index is 1200. The van der Waals surface area contributed by atoms with Gasteiger partial charge in [0.05, 0.1) is 12.7 Å². The number of allylic oxidation sites excluding steroid dienone is 20. The van der Waals surface area contributed by atoms with Crippen molar-refractivity contribution in [3.63, 3.8) is 0 Å². The summed E-state index contributed by atoms with van der Waals surface area (Å²) in [6.45, 7) is 19.4. The molecule has 0 aromatic rings. The molecule has 0 fully saturated rings. The van der Waals surface area contributed by atoms with Crippen molar-refractivity contribution in [2.24, 2.45) is 5.41 Å². The van der Waals surface area contributed by atoms with E-state index >= 15 is 0 Å². The Morgan fingerprint density at radius 2 is 1.21 bits per heavy atom. The molecule has 0 saturated carbocycles. The number of rotatable bonds is 15. The highest BCUT2D eigenvalue weighted by Crippen LogP contribution is 2.41. The SMILES string of the molecule is CC(C=CC=C(C)C=CC1=C(C)CC(O)CC1(C)C)=CC=CC=C(C)C=CC=C(C)CCC=C(C)CCC=C(C)CO. The van der Waals surface area contributed by atoms with Gasteiger partial charge in [0, 0.05) is 0 Å². The minimum Gasteiger partial charge on any atom is -0.393 e. The van der Waals surface area contributed by atoms with E-state index in [1.807, 2.05) is 6.92 Å². The summed E-state index contributed by atoms with van der Waals surface area (Å²) in [7, 11) is 0. The number of hydrogen-bond donors (Lipinski definition) is 2. The summed E-state index contributed by atoms with van der Waals surface area (Å²) in [5.74, 6) is 0. The van der Waals surface area contributed by atoms with Crippen LogP contribution >= 0.6 is 0 Å². The van der Waals surface area contributed by atoms with Gasteiger partial charge in [-0.3, -0.25) is 0 Å². The van der Waals surface area contributed by atoms with Crippen molar-refractivity contribution in [1.29, 1.82) is 0 Å². The Balaban J connectivity index is 2.54. The van der Waals surface area contributed by atoms with Crippen LogP contribution in [0.25, 0.3) is 0 Å². The molecule has 1 rings (SSSR count). The monoisotopic (exact) mass is 570 g/mol. The van der Waals surface area contributed by atoms with Crippen LogP contribution in [-0.2, 0) is 0 Å². The van der Waals surface area contributed by atoms with E-state index in [4.69, 9.17) is 5.11 Å². The van der Waals surface area contributed by atoms with Crippen LogP contribution in [0, 0.1) is 5.41 Å². The summed E-state index contributed by atoms with van der Waals surface area (Å²) < 4.78 is 0. The van der Waals surface area contributed by atoms with Crippen LogP contribution in [-0.4, -0.2) is 22.9 Å². The van der Waals surface area contributed by atoms with Crippen molar-refractivity contribution >= 4 is 0 Å². The van der Waals surface area contributed by atoms with E-state index in [-0.39, 0.29) is 18.1 Å². The van der Waals surface area contributed by atoms with Crippen LogP contribution in [0.4, 0.5) is 0 Å².